The van der Waals surface area contributed by atoms with Gasteiger partial charge in [-0.15, -0.1) is 0 Å². The highest BCUT2D eigenvalue weighted by Crippen LogP contribution is 2.33. The highest BCUT2D eigenvalue weighted by atomic mass is 35.5. The molecule has 178 valence electrons. The lowest BCUT2D eigenvalue weighted by atomic mass is 9.78. The number of piperidine rings is 1. The Morgan fingerprint density at radius 2 is 1.91 bits per heavy atom. The first kappa shape index (κ1) is 23.5. The van der Waals surface area contributed by atoms with Gasteiger partial charge in [-0.05, 0) is 57.4 Å². The Kier molecular flexibility index (Phi) is 6.93. The van der Waals surface area contributed by atoms with E-state index in [1.807, 2.05) is 0 Å². The summed E-state index contributed by atoms with van der Waals surface area (Å²) in [5.74, 6) is 1.09. The zero-order valence-corrected chi connectivity index (χ0v) is 20.2. The van der Waals surface area contributed by atoms with Gasteiger partial charge in [-0.2, -0.15) is 5.10 Å². The lowest BCUT2D eigenvalue weighted by Gasteiger charge is -2.39. The second kappa shape index (κ2) is 9.71. The second-order valence-corrected chi connectivity index (χ2v) is 10.1. The summed E-state index contributed by atoms with van der Waals surface area (Å²) in [6, 6.07) is 3.38. The number of hydrogen-bond acceptors (Lipinski definition) is 5. The zero-order valence-electron chi connectivity index (χ0n) is 19.5. The van der Waals surface area contributed by atoms with E-state index in [0.29, 0.717) is 53.8 Å². The van der Waals surface area contributed by atoms with Crippen LogP contribution in [0, 0.1) is 11.8 Å². The molecule has 1 aliphatic heterocycles. The number of carbonyl (C=O) groups excluding carboxylic acids is 2. The van der Waals surface area contributed by atoms with Crippen LogP contribution in [0.25, 0.3) is 11.3 Å². The predicted octanol–water partition coefficient (Wildman–Crippen LogP) is 4.07. The van der Waals surface area contributed by atoms with Gasteiger partial charge >= 0.3 is 0 Å². The molecule has 1 saturated heterocycles. The number of aromatic amines is 1. The van der Waals surface area contributed by atoms with E-state index in [4.69, 9.17) is 16.3 Å². The third kappa shape index (κ3) is 5.32. The Labute approximate surface area is 199 Å². The van der Waals surface area contributed by atoms with E-state index in [1.54, 1.807) is 17.0 Å². The summed E-state index contributed by atoms with van der Waals surface area (Å²) in [6.07, 6.45) is 7.21. The number of nitrogens with one attached hydrogen (secondary N) is 2. The van der Waals surface area contributed by atoms with Gasteiger partial charge in [0.2, 0.25) is 11.8 Å². The Morgan fingerprint density at radius 3 is 2.58 bits per heavy atom. The summed E-state index contributed by atoms with van der Waals surface area (Å²) in [5, 5.41) is 10.8. The van der Waals surface area contributed by atoms with Gasteiger partial charge in [-0.1, -0.05) is 18.5 Å². The molecule has 0 bridgehead atoms. The lowest BCUT2D eigenvalue weighted by Crippen LogP contribution is -2.52. The standard InChI is InChI=1S/C24H32ClN5O3/c1-15-4-8-24(2,9-5-15)27-22(31)16-6-10-30(11-7-16)23(32)20-13-19(28-29-20)17-12-21(33-3)26-14-18(17)25/h12-16H,4-11H2,1-3H3,(H,27,31)(H,28,29). The normalized spacial score (nSPS) is 23.9. The molecular weight excluding hydrogens is 442 g/mol. The Bertz CT molecular complexity index is 1010. The number of carbonyl (C=O) groups is 2. The van der Waals surface area contributed by atoms with Gasteiger partial charge in [0.25, 0.3) is 5.91 Å². The third-order valence-corrected chi connectivity index (χ3v) is 7.38. The maximum atomic E-state index is 13.0. The van der Waals surface area contributed by atoms with Gasteiger partial charge in [0.15, 0.2) is 5.69 Å². The molecule has 2 amide bonds. The van der Waals surface area contributed by atoms with Crippen molar-refractivity contribution < 1.29 is 14.3 Å². The van der Waals surface area contributed by atoms with E-state index in [2.05, 4.69) is 34.3 Å². The molecule has 2 fully saturated rings. The molecule has 0 unspecified atom stereocenters. The molecular formula is C24H32ClN5O3. The van der Waals surface area contributed by atoms with Crippen molar-refractivity contribution in [2.45, 2.75) is 57.9 Å². The van der Waals surface area contributed by atoms with Gasteiger partial charge in [0.1, 0.15) is 0 Å². The molecule has 3 heterocycles. The van der Waals surface area contributed by atoms with E-state index < -0.39 is 0 Å². The number of halogens is 1. The van der Waals surface area contributed by atoms with Crippen LogP contribution in [0.4, 0.5) is 0 Å². The minimum Gasteiger partial charge on any atom is -0.481 e. The zero-order chi connectivity index (χ0) is 23.6. The van der Waals surface area contributed by atoms with E-state index in [0.717, 1.165) is 31.6 Å². The molecule has 2 N–H and O–H groups in total. The minimum absolute atomic E-state index is 0.0527. The summed E-state index contributed by atoms with van der Waals surface area (Å²) in [5.41, 5.74) is 1.51. The van der Waals surface area contributed by atoms with Crippen molar-refractivity contribution in [3.05, 3.63) is 29.0 Å². The number of likely N-dealkylation sites (tertiary alicyclic amines) is 1. The first-order valence-electron chi connectivity index (χ1n) is 11.6. The first-order chi connectivity index (χ1) is 15.8. The molecule has 33 heavy (non-hydrogen) atoms. The fourth-order valence-corrected chi connectivity index (χ4v) is 4.94. The SMILES string of the molecule is COc1cc(-c2cc(C(=O)N3CCC(C(=O)NC4(C)CCC(C)CC4)CC3)n[nH]2)c(Cl)cn1. The molecule has 0 aromatic carbocycles. The number of ether oxygens (including phenoxy) is 1. The Morgan fingerprint density at radius 1 is 1.21 bits per heavy atom. The van der Waals surface area contributed by atoms with E-state index in [1.165, 1.54) is 13.3 Å². The lowest BCUT2D eigenvalue weighted by molar-refractivity contribution is -0.128. The topological polar surface area (TPSA) is 100 Å². The summed E-state index contributed by atoms with van der Waals surface area (Å²) < 4.78 is 5.16. The van der Waals surface area contributed by atoms with E-state index in [-0.39, 0.29) is 23.3 Å². The van der Waals surface area contributed by atoms with Crippen LogP contribution in [-0.4, -0.2) is 57.6 Å². The molecule has 4 rings (SSSR count). The molecule has 8 nitrogen and oxygen atoms in total. The van der Waals surface area contributed by atoms with Crippen LogP contribution in [0.15, 0.2) is 18.3 Å². The summed E-state index contributed by atoms with van der Waals surface area (Å²) in [6.45, 7) is 5.52. The summed E-state index contributed by atoms with van der Waals surface area (Å²) in [7, 11) is 1.53. The van der Waals surface area contributed by atoms with Crippen LogP contribution >= 0.6 is 11.6 Å². The average Bonchev–Trinajstić information content (AvgIpc) is 3.31. The van der Waals surface area contributed by atoms with Gasteiger partial charge in [0, 0.05) is 36.2 Å². The molecule has 1 aliphatic carbocycles. The minimum atomic E-state index is -0.151. The maximum Gasteiger partial charge on any atom is 0.274 e. The molecule has 2 aromatic heterocycles. The molecule has 9 heteroatoms. The smallest absolute Gasteiger partial charge is 0.274 e. The number of amides is 2. The monoisotopic (exact) mass is 473 g/mol. The molecule has 2 aromatic rings. The number of nitrogens with zero attached hydrogens (tertiary/aromatic N) is 3. The van der Waals surface area contributed by atoms with Crippen molar-refractivity contribution in [3.8, 4) is 17.1 Å². The largest absolute Gasteiger partial charge is 0.481 e. The van der Waals surface area contributed by atoms with Gasteiger partial charge in [-0.3, -0.25) is 14.7 Å². The van der Waals surface area contributed by atoms with E-state index in [9.17, 15) is 9.59 Å². The number of H-pyrrole nitrogens is 1. The van der Waals surface area contributed by atoms with Crippen molar-refractivity contribution in [2.24, 2.45) is 11.8 Å². The first-order valence-corrected chi connectivity index (χ1v) is 12.0. The highest BCUT2D eigenvalue weighted by molar-refractivity contribution is 6.33. The van der Waals surface area contributed by atoms with Crippen LogP contribution in [0.2, 0.25) is 5.02 Å². The maximum absolute atomic E-state index is 13.0. The fourth-order valence-electron chi connectivity index (χ4n) is 4.74. The predicted molar refractivity (Wildman–Crippen MR) is 126 cm³/mol. The number of rotatable bonds is 5. The van der Waals surface area contributed by atoms with Crippen molar-refractivity contribution in [1.29, 1.82) is 0 Å². The van der Waals surface area contributed by atoms with Gasteiger partial charge in [-0.25, -0.2) is 4.98 Å². The van der Waals surface area contributed by atoms with Crippen LogP contribution < -0.4 is 10.1 Å². The fraction of sp³-hybridized carbons (Fsp3) is 0.583. The molecule has 1 saturated carbocycles. The van der Waals surface area contributed by atoms with Crippen LogP contribution in [0.1, 0.15) is 62.9 Å². The highest BCUT2D eigenvalue weighted by Gasteiger charge is 2.35. The van der Waals surface area contributed by atoms with Gasteiger partial charge < -0.3 is 15.0 Å². The number of aromatic nitrogens is 3. The van der Waals surface area contributed by atoms with E-state index >= 15 is 0 Å². The van der Waals surface area contributed by atoms with Crippen molar-refractivity contribution >= 4 is 23.4 Å². The molecule has 0 spiro atoms. The molecule has 0 radical (unpaired) electrons. The third-order valence-electron chi connectivity index (χ3n) is 7.08. The van der Waals surface area contributed by atoms with Crippen LogP contribution in [0.5, 0.6) is 5.88 Å². The number of methoxy groups -OCH3 is 1. The Hall–Kier alpha value is -2.61. The molecule has 2 aliphatic rings. The van der Waals surface area contributed by atoms with Crippen LogP contribution in [-0.2, 0) is 4.79 Å². The van der Waals surface area contributed by atoms with Crippen molar-refractivity contribution in [2.75, 3.05) is 20.2 Å². The number of pyridine rings is 1. The average molecular weight is 474 g/mol. The van der Waals surface area contributed by atoms with Crippen LogP contribution in [0.3, 0.4) is 0 Å². The molecule has 0 atom stereocenters. The van der Waals surface area contributed by atoms with Crippen molar-refractivity contribution in [3.63, 3.8) is 0 Å². The van der Waals surface area contributed by atoms with Gasteiger partial charge in [0.05, 0.1) is 24.0 Å². The Balaban J connectivity index is 1.34. The number of hydrogen-bond donors (Lipinski definition) is 2. The quantitative estimate of drug-likeness (QED) is 0.681. The van der Waals surface area contributed by atoms with Crippen molar-refractivity contribution in [1.82, 2.24) is 25.4 Å². The second-order valence-electron chi connectivity index (χ2n) is 9.67. The summed E-state index contributed by atoms with van der Waals surface area (Å²) in [4.78, 5) is 31.7. The summed E-state index contributed by atoms with van der Waals surface area (Å²) >= 11 is 6.26.